The monoisotopic (exact) mass is 287 g/mol. The lowest BCUT2D eigenvalue weighted by Crippen LogP contribution is -1.91. The predicted molar refractivity (Wildman–Crippen MR) is 70.3 cm³/mol. The first kappa shape index (κ1) is 12.5. The molecule has 0 saturated heterocycles. The van der Waals surface area contributed by atoms with Crippen molar-refractivity contribution in [1.29, 1.82) is 0 Å². The van der Waals surface area contributed by atoms with Gasteiger partial charge in [0.15, 0.2) is 0 Å². The van der Waals surface area contributed by atoms with Crippen LogP contribution in [0.15, 0.2) is 36.7 Å². The molecule has 0 unspecified atom stereocenters. The standard InChI is InChI=1S/C12H8Cl3NO/c13-6-8-3-4-16-7-12(8)17-11-5-9(14)1-2-10(11)15/h1-5,7H,6H2. The summed E-state index contributed by atoms with van der Waals surface area (Å²) < 4.78 is 5.65. The van der Waals surface area contributed by atoms with E-state index >= 15 is 0 Å². The summed E-state index contributed by atoms with van der Waals surface area (Å²) in [6, 6.07) is 6.81. The zero-order valence-electron chi connectivity index (χ0n) is 8.66. The van der Waals surface area contributed by atoms with E-state index in [1.54, 1.807) is 36.7 Å². The molecule has 0 atom stereocenters. The van der Waals surface area contributed by atoms with Gasteiger partial charge in [0, 0.05) is 22.8 Å². The van der Waals surface area contributed by atoms with Crippen molar-refractivity contribution >= 4 is 34.8 Å². The Bertz CT molecular complexity index is 531. The van der Waals surface area contributed by atoms with Crippen LogP contribution in [0.1, 0.15) is 5.56 Å². The van der Waals surface area contributed by atoms with Crippen LogP contribution in [0, 0.1) is 0 Å². The summed E-state index contributed by atoms with van der Waals surface area (Å²) in [6.45, 7) is 0. The van der Waals surface area contributed by atoms with Crippen LogP contribution in [-0.2, 0) is 5.88 Å². The van der Waals surface area contributed by atoms with Crippen molar-refractivity contribution in [1.82, 2.24) is 4.98 Å². The molecule has 2 rings (SSSR count). The molecule has 1 aromatic heterocycles. The van der Waals surface area contributed by atoms with Gasteiger partial charge < -0.3 is 4.74 Å². The predicted octanol–water partition coefficient (Wildman–Crippen LogP) is 4.92. The minimum atomic E-state index is 0.343. The maximum Gasteiger partial charge on any atom is 0.150 e. The van der Waals surface area contributed by atoms with Crippen molar-refractivity contribution in [3.05, 3.63) is 52.3 Å². The lowest BCUT2D eigenvalue weighted by Gasteiger charge is -2.10. The second-order valence-electron chi connectivity index (χ2n) is 3.29. The number of halogens is 3. The van der Waals surface area contributed by atoms with Gasteiger partial charge in [0.25, 0.3) is 0 Å². The Morgan fingerprint density at radius 3 is 2.71 bits per heavy atom. The first-order valence-electron chi connectivity index (χ1n) is 4.82. The molecule has 0 spiro atoms. The molecular formula is C12H8Cl3NO. The van der Waals surface area contributed by atoms with Crippen LogP contribution in [0.4, 0.5) is 0 Å². The first-order valence-corrected chi connectivity index (χ1v) is 6.11. The third-order valence-electron chi connectivity index (χ3n) is 2.13. The number of hydrogen-bond acceptors (Lipinski definition) is 2. The Morgan fingerprint density at radius 1 is 1.12 bits per heavy atom. The van der Waals surface area contributed by atoms with Crippen LogP contribution in [0.2, 0.25) is 10.0 Å². The Labute approximate surface area is 114 Å². The largest absolute Gasteiger partial charge is 0.454 e. The van der Waals surface area contributed by atoms with E-state index in [4.69, 9.17) is 39.5 Å². The number of hydrogen-bond donors (Lipinski definition) is 0. The molecule has 0 fully saturated rings. The van der Waals surface area contributed by atoms with Crippen molar-refractivity contribution in [2.75, 3.05) is 0 Å². The van der Waals surface area contributed by atoms with Crippen molar-refractivity contribution < 1.29 is 4.74 Å². The molecule has 1 aromatic carbocycles. The Kier molecular flexibility index (Phi) is 4.11. The van der Waals surface area contributed by atoms with Crippen LogP contribution in [-0.4, -0.2) is 4.98 Å². The van der Waals surface area contributed by atoms with Crippen molar-refractivity contribution in [2.45, 2.75) is 5.88 Å². The van der Waals surface area contributed by atoms with Gasteiger partial charge in [-0.1, -0.05) is 23.2 Å². The summed E-state index contributed by atoms with van der Waals surface area (Å²) in [5, 5.41) is 1.04. The molecule has 2 nitrogen and oxygen atoms in total. The zero-order valence-corrected chi connectivity index (χ0v) is 10.9. The van der Waals surface area contributed by atoms with E-state index in [-0.39, 0.29) is 0 Å². The van der Waals surface area contributed by atoms with Crippen LogP contribution in [0.25, 0.3) is 0 Å². The number of nitrogens with zero attached hydrogens (tertiary/aromatic N) is 1. The molecule has 1 heterocycles. The molecule has 88 valence electrons. The second kappa shape index (κ2) is 5.58. The molecule has 0 radical (unpaired) electrons. The number of alkyl halides is 1. The van der Waals surface area contributed by atoms with E-state index in [0.717, 1.165) is 5.56 Å². The summed E-state index contributed by atoms with van der Waals surface area (Å²) in [5.41, 5.74) is 0.845. The molecule has 0 aliphatic heterocycles. The van der Waals surface area contributed by atoms with Gasteiger partial charge in [0.05, 0.1) is 17.1 Å². The summed E-state index contributed by atoms with van der Waals surface area (Å²) >= 11 is 17.7. The van der Waals surface area contributed by atoms with Crippen molar-refractivity contribution in [2.24, 2.45) is 0 Å². The van der Waals surface area contributed by atoms with Gasteiger partial charge in [-0.2, -0.15) is 0 Å². The van der Waals surface area contributed by atoms with Gasteiger partial charge >= 0.3 is 0 Å². The molecular weight excluding hydrogens is 280 g/mol. The highest BCUT2D eigenvalue weighted by atomic mass is 35.5. The third-order valence-corrected chi connectivity index (χ3v) is 2.96. The number of benzene rings is 1. The molecule has 0 aliphatic rings. The fourth-order valence-electron chi connectivity index (χ4n) is 1.28. The average molecular weight is 289 g/mol. The number of ether oxygens (including phenoxy) is 1. The molecule has 17 heavy (non-hydrogen) atoms. The van der Waals surface area contributed by atoms with Gasteiger partial charge in [-0.05, 0) is 18.2 Å². The maximum absolute atomic E-state index is 6.00. The van der Waals surface area contributed by atoms with Gasteiger partial charge in [-0.25, -0.2) is 0 Å². The molecule has 0 aliphatic carbocycles. The topological polar surface area (TPSA) is 22.1 Å². The van der Waals surface area contributed by atoms with E-state index in [0.29, 0.717) is 27.4 Å². The van der Waals surface area contributed by atoms with E-state index in [1.807, 2.05) is 0 Å². The SMILES string of the molecule is ClCc1ccncc1Oc1cc(Cl)ccc1Cl. The fraction of sp³-hybridized carbons (Fsp3) is 0.0833. The molecule has 0 bridgehead atoms. The summed E-state index contributed by atoms with van der Waals surface area (Å²) in [7, 11) is 0. The summed E-state index contributed by atoms with van der Waals surface area (Å²) in [5.74, 6) is 1.40. The summed E-state index contributed by atoms with van der Waals surface area (Å²) in [6.07, 6.45) is 3.25. The van der Waals surface area contributed by atoms with Crippen LogP contribution < -0.4 is 4.74 Å². The minimum absolute atomic E-state index is 0.343. The molecule has 0 amide bonds. The number of pyridine rings is 1. The number of rotatable bonds is 3. The van der Waals surface area contributed by atoms with Crippen LogP contribution >= 0.6 is 34.8 Å². The minimum Gasteiger partial charge on any atom is -0.454 e. The molecule has 0 N–H and O–H groups in total. The second-order valence-corrected chi connectivity index (χ2v) is 4.40. The van der Waals surface area contributed by atoms with Gasteiger partial charge in [-0.3, -0.25) is 4.98 Å². The Hall–Kier alpha value is -0.960. The highest BCUT2D eigenvalue weighted by Gasteiger charge is 2.07. The van der Waals surface area contributed by atoms with Gasteiger partial charge in [-0.15, -0.1) is 11.6 Å². The van der Waals surface area contributed by atoms with E-state index in [1.165, 1.54) is 0 Å². The number of aromatic nitrogens is 1. The highest BCUT2D eigenvalue weighted by Crippen LogP contribution is 2.33. The summed E-state index contributed by atoms with van der Waals surface area (Å²) in [4.78, 5) is 3.98. The lowest BCUT2D eigenvalue weighted by molar-refractivity contribution is 0.476. The third kappa shape index (κ3) is 3.03. The van der Waals surface area contributed by atoms with Gasteiger partial charge in [0.1, 0.15) is 11.5 Å². The zero-order chi connectivity index (χ0) is 12.3. The highest BCUT2D eigenvalue weighted by molar-refractivity contribution is 6.34. The average Bonchev–Trinajstić information content (AvgIpc) is 2.34. The first-order chi connectivity index (χ1) is 8.20. The molecule has 5 heteroatoms. The smallest absolute Gasteiger partial charge is 0.150 e. The maximum atomic E-state index is 6.00. The van der Waals surface area contributed by atoms with Crippen LogP contribution in [0.5, 0.6) is 11.5 Å². The lowest BCUT2D eigenvalue weighted by atomic mass is 10.3. The normalized spacial score (nSPS) is 10.3. The van der Waals surface area contributed by atoms with Crippen LogP contribution in [0.3, 0.4) is 0 Å². The van der Waals surface area contributed by atoms with Crippen molar-refractivity contribution in [3.8, 4) is 11.5 Å². The van der Waals surface area contributed by atoms with Gasteiger partial charge in [0.2, 0.25) is 0 Å². The Morgan fingerprint density at radius 2 is 1.94 bits per heavy atom. The molecule has 2 aromatic rings. The van der Waals surface area contributed by atoms with Crippen molar-refractivity contribution in [3.63, 3.8) is 0 Å². The van der Waals surface area contributed by atoms with E-state index in [9.17, 15) is 0 Å². The van der Waals surface area contributed by atoms with E-state index in [2.05, 4.69) is 4.98 Å². The van der Waals surface area contributed by atoms with E-state index < -0.39 is 0 Å². The molecule has 0 saturated carbocycles. The Balaban J connectivity index is 2.34. The fourth-order valence-corrected chi connectivity index (χ4v) is 1.82. The quantitative estimate of drug-likeness (QED) is 0.748.